The maximum atomic E-state index is 12.8. The lowest BCUT2D eigenvalue weighted by molar-refractivity contribution is -0.121. The van der Waals surface area contributed by atoms with E-state index in [1.807, 2.05) is 0 Å². The Labute approximate surface area is 96.8 Å². The Morgan fingerprint density at radius 3 is 2.62 bits per heavy atom. The quantitative estimate of drug-likeness (QED) is 0.607. The summed E-state index contributed by atoms with van der Waals surface area (Å²) in [6.45, 7) is 1.46. The van der Waals surface area contributed by atoms with Crippen molar-refractivity contribution in [2.75, 3.05) is 0 Å². The summed E-state index contributed by atoms with van der Waals surface area (Å²) in [5.74, 6) is -1.67. The molecule has 0 spiro atoms. The van der Waals surface area contributed by atoms with Crippen LogP contribution < -0.4 is 10.9 Å². The Morgan fingerprint density at radius 2 is 2.06 bits per heavy atom. The minimum absolute atomic E-state index is 0.113. The first-order chi connectivity index (χ1) is 7.50. The van der Waals surface area contributed by atoms with Crippen LogP contribution in [0.1, 0.15) is 17.3 Å². The lowest BCUT2D eigenvalue weighted by Gasteiger charge is -2.08. The molecule has 4 nitrogen and oxygen atoms in total. The summed E-state index contributed by atoms with van der Waals surface area (Å²) in [6, 6.07) is 5.10. The zero-order chi connectivity index (χ0) is 12.1. The van der Waals surface area contributed by atoms with Crippen LogP contribution in [-0.4, -0.2) is 17.2 Å². The van der Waals surface area contributed by atoms with Crippen LogP contribution in [0.15, 0.2) is 24.3 Å². The summed E-state index contributed by atoms with van der Waals surface area (Å²) < 4.78 is 12.8. The number of hydrazine groups is 1. The molecule has 16 heavy (non-hydrogen) atoms. The van der Waals surface area contributed by atoms with Crippen molar-refractivity contribution in [1.29, 1.82) is 0 Å². The first-order valence-corrected chi connectivity index (χ1v) is 4.94. The summed E-state index contributed by atoms with van der Waals surface area (Å²) >= 11 is 5.46. The van der Waals surface area contributed by atoms with E-state index in [1.54, 1.807) is 0 Å². The van der Waals surface area contributed by atoms with Crippen LogP contribution in [-0.2, 0) is 4.79 Å². The molecule has 0 aliphatic rings. The van der Waals surface area contributed by atoms with Crippen LogP contribution >= 0.6 is 11.6 Å². The Bertz CT molecular complexity index is 410. The van der Waals surface area contributed by atoms with Gasteiger partial charge in [0.25, 0.3) is 11.8 Å². The molecule has 86 valence electrons. The fourth-order valence-electron chi connectivity index (χ4n) is 0.920. The number of hydrogen-bond donors (Lipinski definition) is 2. The molecule has 2 N–H and O–H groups in total. The average Bonchev–Trinajstić information content (AvgIpc) is 2.25. The van der Waals surface area contributed by atoms with Crippen LogP contribution in [0.2, 0.25) is 0 Å². The molecule has 0 saturated carbocycles. The molecule has 0 aliphatic carbocycles. The molecule has 0 aliphatic heterocycles. The summed E-state index contributed by atoms with van der Waals surface area (Å²) in [6.07, 6.45) is 0. The van der Waals surface area contributed by atoms with Crippen LogP contribution in [0.4, 0.5) is 4.39 Å². The van der Waals surface area contributed by atoms with Gasteiger partial charge < -0.3 is 0 Å². The lowest BCUT2D eigenvalue weighted by atomic mass is 10.2. The molecular formula is C10H10ClFN2O2. The Morgan fingerprint density at radius 1 is 1.38 bits per heavy atom. The van der Waals surface area contributed by atoms with Crippen molar-refractivity contribution in [3.05, 3.63) is 35.6 Å². The van der Waals surface area contributed by atoms with Crippen LogP contribution in [0.25, 0.3) is 0 Å². The first kappa shape index (κ1) is 12.4. The van der Waals surface area contributed by atoms with Crippen molar-refractivity contribution in [1.82, 2.24) is 10.9 Å². The molecule has 1 atom stereocenters. The molecular weight excluding hydrogens is 235 g/mol. The van der Waals surface area contributed by atoms with Gasteiger partial charge in [-0.3, -0.25) is 20.4 Å². The maximum absolute atomic E-state index is 12.8. The highest BCUT2D eigenvalue weighted by atomic mass is 35.5. The fraction of sp³-hybridized carbons (Fsp3) is 0.200. The Kier molecular flexibility index (Phi) is 4.25. The Balaban J connectivity index is 2.57. The van der Waals surface area contributed by atoms with Gasteiger partial charge in [0.05, 0.1) is 0 Å². The normalized spacial score (nSPS) is 11.7. The molecule has 1 aromatic rings. The number of carbonyl (C=O) groups is 2. The van der Waals surface area contributed by atoms with Gasteiger partial charge in [-0.15, -0.1) is 11.6 Å². The number of halogens is 2. The van der Waals surface area contributed by atoms with E-state index in [0.717, 1.165) is 6.07 Å². The summed E-state index contributed by atoms with van der Waals surface area (Å²) in [4.78, 5) is 22.4. The van der Waals surface area contributed by atoms with Gasteiger partial charge in [0.15, 0.2) is 0 Å². The monoisotopic (exact) mass is 244 g/mol. The second-order valence-corrected chi connectivity index (χ2v) is 3.72. The molecule has 0 heterocycles. The van der Waals surface area contributed by atoms with E-state index in [2.05, 4.69) is 10.9 Å². The second-order valence-electron chi connectivity index (χ2n) is 3.07. The van der Waals surface area contributed by atoms with Crippen molar-refractivity contribution in [3.63, 3.8) is 0 Å². The third-order valence-electron chi connectivity index (χ3n) is 1.75. The summed E-state index contributed by atoms with van der Waals surface area (Å²) in [5.41, 5.74) is 4.34. The van der Waals surface area contributed by atoms with Gasteiger partial charge in [0, 0.05) is 5.56 Å². The van der Waals surface area contributed by atoms with E-state index < -0.39 is 23.0 Å². The minimum atomic E-state index is -0.757. The number of nitrogens with one attached hydrogen (secondary N) is 2. The van der Waals surface area contributed by atoms with Gasteiger partial charge in [0.1, 0.15) is 11.2 Å². The molecule has 0 unspecified atom stereocenters. The van der Waals surface area contributed by atoms with E-state index in [9.17, 15) is 14.0 Å². The lowest BCUT2D eigenvalue weighted by Crippen LogP contribution is -2.44. The molecule has 6 heteroatoms. The number of amides is 2. The third kappa shape index (κ3) is 3.51. The predicted molar refractivity (Wildman–Crippen MR) is 57.3 cm³/mol. The van der Waals surface area contributed by atoms with Gasteiger partial charge in [-0.2, -0.15) is 0 Å². The molecule has 0 bridgehead atoms. The van der Waals surface area contributed by atoms with Gasteiger partial charge in [-0.25, -0.2) is 4.39 Å². The van der Waals surface area contributed by atoms with E-state index in [1.165, 1.54) is 25.1 Å². The van der Waals surface area contributed by atoms with Crippen LogP contribution in [0.3, 0.4) is 0 Å². The number of carbonyl (C=O) groups excluding carboxylic acids is 2. The fourth-order valence-corrected chi connectivity index (χ4v) is 0.974. The zero-order valence-corrected chi connectivity index (χ0v) is 9.22. The summed E-state index contributed by atoms with van der Waals surface area (Å²) in [7, 11) is 0. The van der Waals surface area contributed by atoms with Crippen LogP contribution in [0, 0.1) is 5.82 Å². The molecule has 0 aromatic heterocycles. The number of rotatable bonds is 2. The number of alkyl halides is 1. The molecule has 0 fully saturated rings. The largest absolute Gasteiger partial charge is 0.272 e. The highest BCUT2D eigenvalue weighted by Gasteiger charge is 2.11. The minimum Gasteiger partial charge on any atom is -0.272 e. The van der Waals surface area contributed by atoms with Gasteiger partial charge in [0.2, 0.25) is 0 Å². The molecule has 0 radical (unpaired) electrons. The van der Waals surface area contributed by atoms with Crippen molar-refractivity contribution in [3.8, 4) is 0 Å². The number of benzene rings is 1. The first-order valence-electron chi connectivity index (χ1n) is 4.50. The Hall–Kier alpha value is -1.62. The van der Waals surface area contributed by atoms with E-state index in [0.29, 0.717) is 0 Å². The maximum Gasteiger partial charge on any atom is 0.269 e. The van der Waals surface area contributed by atoms with Gasteiger partial charge in [-0.05, 0) is 25.1 Å². The zero-order valence-electron chi connectivity index (χ0n) is 8.46. The predicted octanol–water partition coefficient (Wildman–Crippen LogP) is 1.21. The van der Waals surface area contributed by atoms with Gasteiger partial charge in [-0.1, -0.05) is 6.07 Å². The topological polar surface area (TPSA) is 58.2 Å². The standard InChI is InChI=1S/C10H10ClFN2O2/c1-6(11)9(15)13-14-10(16)7-3-2-4-8(12)5-7/h2-6H,1H3,(H,13,15)(H,14,16)/t6-/m0/s1. The smallest absolute Gasteiger partial charge is 0.269 e. The third-order valence-corrected chi connectivity index (χ3v) is 1.95. The second kappa shape index (κ2) is 5.46. The van der Waals surface area contributed by atoms with Gasteiger partial charge >= 0.3 is 0 Å². The van der Waals surface area contributed by atoms with E-state index >= 15 is 0 Å². The molecule has 1 rings (SSSR count). The SMILES string of the molecule is C[C@H](Cl)C(=O)NNC(=O)c1cccc(F)c1. The number of hydrogen-bond acceptors (Lipinski definition) is 2. The molecule has 1 aromatic carbocycles. The van der Waals surface area contributed by atoms with Crippen LogP contribution in [0.5, 0.6) is 0 Å². The van der Waals surface area contributed by atoms with Crippen molar-refractivity contribution >= 4 is 23.4 Å². The molecule has 0 saturated heterocycles. The van der Waals surface area contributed by atoms with E-state index in [-0.39, 0.29) is 5.56 Å². The van der Waals surface area contributed by atoms with E-state index in [4.69, 9.17) is 11.6 Å². The average molecular weight is 245 g/mol. The summed E-state index contributed by atoms with van der Waals surface area (Å²) in [5, 5.41) is -0.757. The van der Waals surface area contributed by atoms with Crippen molar-refractivity contribution in [2.45, 2.75) is 12.3 Å². The van der Waals surface area contributed by atoms with Crippen molar-refractivity contribution in [2.24, 2.45) is 0 Å². The highest BCUT2D eigenvalue weighted by molar-refractivity contribution is 6.30. The molecule has 2 amide bonds. The highest BCUT2D eigenvalue weighted by Crippen LogP contribution is 2.02. The van der Waals surface area contributed by atoms with Crippen molar-refractivity contribution < 1.29 is 14.0 Å².